The largest absolute Gasteiger partial charge is 0.310 e. The summed E-state index contributed by atoms with van der Waals surface area (Å²) in [5.74, 6) is 0.469. The lowest BCUT2D eigenvalue weighted by molar-refractivity contribution is -0.115. The van der Waals surface area contributed by atoms with E-state index in [1.54, 1.807) is 23.9 Å². The summed E-state index contributed by atoms with van der Waals surface area (Å²) in [6.07, 6.45) is 5.09. The fourth-order valence-electron chi connectivity index (χ4n) is 2.56. The second-order valence-corrected chi connectivity index (χ2v) is 7.25. The summed E-state index contributed by atoms with van der Waals surface area (Å²) >= 11 is 7.36. The van der Waals surface area contributed by atoms with E-state index in [1.165, 1.54) is 30.2 Å². The van der Waals surface area contributed by atoms with Crippen LogP contribution in [0, 0.1) is 0 Å². The third-order valence-corrected chi connectivity index (χ3v) is 5.05. The average molecular weight is 333 g/mol. The van der Waals surface area contributed by atoms with Crippen molar-refractivity contribution >= 4 is 35.1 Å². The summed E-state index contributed by atoms with van der Waals surface area (Å²) in [5, 5.41) is 3.18. The van der Waals surface area contributed by atoms with Crippen molar-refractivity contribution < 1.29 is 4.79 Å². The van der Waals surface area contributed by atoms with Gasteiger partial charge in [0.1, 0.15) is 5.82 Å². The Morgan fingerprint density at radius 2 is 2.09 bits per heavy atom. The number of hydrogen-bond acceptors (Lipinski definition) is 3. The maximum absolute atomic E-state index is 12.2. The molecule has 0 saturated heterocycles. The monoisotopic (exact) mass is 332 g/mol. The number of rotatable bonds is 4. The minimum atomic E-state index is -0.183. The number of anilines is 1. The van der Waals surface area contributed by atoms with Gasteiger partial charge in [0, 0.05) is 11.1 Å². The van der Waals surface area contributed by atoms with Crippen molar-refractivity contribution in [1.82, 2.24) is 4.98 Å². The van der Waals surface area contributed by atoms with Crippen LogP contribution >= 0.6 is 23.4 Å². The third kappa shape index (κ3) is 3.62. The Bertz CT molecular complexity index is 688. The van der Waals surface area contributed by atoms with E-state index in [1.807, 2.05) is 6.92 Å². The topological polar surface area (TPSA) is 42.0 Å². The number of amides is 1. The number of pyridine rings is 1. The molecule has 3 nitrogen and oxygen atoms in total. The smallest absolute Gasteiger partial charge is 0.238 e. The second kappa shape index (κ2) is 6.71. The van der Waals surface area contributed by atoms with E-state index in [0.29, 0.717) is 10.8 Å². The lowest BCUT2D eigenvalue weighted by Gasteiger charge is -2.12. The highest BCUT2D eigenvalue weighted by Gasteiger charge is 2.17. The first-order valence-electron chi connectivity index (χ1n) is 7.33. The van der Waals surface area contributed by atoms with Crippen LogP contribution in [0.4, 0.5) is 5.82 Å². The molecule has 0 spiro atoms. The van der Waals surface area contributed by atoms with Crippen LogP contribution in [0.3, 0.4) is 0 Å². The van der Waals surface area contributed by atoms with Gasteiger partial charge in [0.15, 0.2) is 0 Å². The molecule has 0 aliphatic heterocycles. The molecule has 114 valence electrons. The highest BCUT2D eigenvalue weighted by Crippen LogP contribution is 2.30. The number of nitrogens with one attached hydrogen (secondary N) is 1. The van der Waals surface area contributed by atoms with Crippen molar-refractivity contribution in [2.45, 2.75) is 36.3 Å². The fraction of sp³-hybridized carbons (Fsp3) is 0.294. The minimum absolute atomic E-state index is 0.0553. The van der Waals surface area contributed by atoms with Gasteiger partial charge >= 0.3 is 0 Å². The van der Waals surface area contributed by atoms with Crippen molar-refractivity contribution in [2.75, 3.05) is 5.32 Å². The van der Waals surface area contributed by atoms with Gasteiger partial charge in [-0.2, -0.15) is 0 Å². The molecule has 5 heteroatoms. The summed E-state index contributed by atoms with van der Waals surface area (Å²) in [6, 6.07) is 9.93. The first-order chi connectivity index (χ1) is 10.6. The maximum Gasteiger partial charge on any atom is 0.238 e. The normalized spacial score (nSPS) is 14.5. The molecule has 1 aromatic carbocycles. The summed E-state index contributed by atoms with van der Waals surface area (Å²) in [5.41, 5.74) is 2.88. The molecule has 2 aromatic rings. The molecular weight excluding hydrogens is 316 g/mol. The molecule has 1 atom stereocenters. The molecule has 1 aliphatic rings. The molecule has 1 amide bonds. The summed E-state index contributed by atoms with van der Waals surface area (Å²) in [6.45, 7) is 1.91. The number of carbonyl (C=O) groups excluding carboxylic acids is 1. The first-order valence-corrected chi connectivity index (χ1v) is 8.58. The highest BCUT2D eigenvalue weighted by molar-refractivity contribution is 8.00. The van der Waals surface area contributed by atoms with E-state index in [0.717, 1.165) is 11.3 Å². The Kier molecular flexibility index (Phi) is 4.69. The van der Waals surface area contributed by atoms with Crippen molar-refractivity contribution in [1.29, 1.82) is 0 Å². The molecule has 0 radical (unpaired) electrons. The molecule has 1 heterocycles. The Morgan fingerprint density at radius 3 is 2.86 bits per heavy atom. The van der Waals surface area contributed by atoms with Crippen LogP contribution in [0.25, 0.3) is 0 Å². The lowest BCUT2D eigenvalue weighted by atomic mass is 10.1. The number of nitrogens with zero attached hydrogens (tertiary/aromatic N) is 1. The molecule has 0 bridgehead atoms. The zero-order valence-electron chi connectivity index (χ0n) is 12.3. The number of aromatic nitrogens is 1. The number of halogens is 1. The number of aryl methyl sites for hydroxylation is 2. The lowest BCUT2D eigenvalue weighted by Crippen LogP contribution is -2.22. The van der Waals surface area contributed by atoms with Gasteiger partial charge in [0.2, 0.25) is 5.91 Å². The van der Waals surface area contributed by atoms with Gasteiger partial charge < -0.3 is 5.32 Å². The van der Waals surface area contributed by atoms with Crippen LogP contribution in [-0.2, 0) is 17.6 Å². The molecule has 22 heavy (non-hydrogen) atoms. The number of hydrogen-bond donors (Lipinski definition) is 1. The van der Waals surface area contributed by atoms with Crippen LogP contribution in [0.5, 0.6) is 0 Å². The molecule has 1 N–H and O–H groups in total. The van der Waals surface area contributed by atoms with Crippen molar-refractivity contribution in [3.05, 3.63) is 52.7 Å². The molecular formula is C17H17ClN2OS. The van der Waals surface area contributed by atoms with E-state index in [4.69, 9.17) is 11.6 Å². The highest BCUT2D eigenvalue weighted by atomic mass is 35.5. The van der Waals surface area contributed by atoms with Gasteiger partial charge in [-0.15, -0.1) is 11.8 Å². The standard InChI is InChI=1S/C17H17ClN2OS/c1-11(17(21)20-16-8-6-14(18)10-19-16)22-15-7-5-12-3-2-4-13(12)9-15/h5-11H,2-4H2,1H3,(H,19,20,21). The third-order valence-electron chi connectivity index (χ3n) is 3.73. The number of fused-ring (bicyclic) bond motifs is 1. The van der Waals surface area contributed by atoms with E-state index >= 15 is 0 Å². The number of thioether (sulfide) groups is 1. The molecule has 0 fully saturated rings. The van der Waals surface area contributed by atoms with E-state index in [9.17, 15) is 4.79 Å². The predicted molar refractivity (Wildman–Crippen MR) is 91.7 cm³/mol. The van der Waals surface area contributed by atoms with Crippen molar-refractivity contribution in [2.24, 2.45) is 0 Å². The van der Waals surface area contributed by atoms with Crippen LogP contribution in [0.15, 0.2) is 41.4 Å². The Hall–Kier alpha value is -1.52. The van der Waals surface area contributed by atoms with E-state index in [2.05, 4.69) is 28.5 Å². The summed E-state index contributed by atoms with van der Waals surface area (Å²) in [4.78, 5) is 17.5. The van der Waals surface area contributed by atoms with Crippen LogP contribution < -0.4 is 5.32 Å². The number of benzene rings is 1. The van der Waals surface area contributed by atoms with Crippen molar-refractivity contribution in [3.63, 3.8) is 0 Å². The zero-order valence-corrected chi connectivity index (χ0v) is 13.9. The maximum atomic E-state index is 12.2. The zero-order chi connectivity index (χ0) is 15.5. The minimum Gasteiger partial charge on any atom is -0.310 e. The Labute approximate surface area is 139 Å². The van der Waals surface area contributed by atoms with Crippen LogP contribution in [0.1, 0.15) is 24.5 Å². The van der Waals surface area contributed by atoms with Gasteiger partial charge in [0.25, 0.3) is 0 Å². The molecule has 1 aromatic heterocycles. The average Bonchev–Trinajstić information content (AvgIpc) is 2.97. The van der Waals surface area contributed by atoms with Gasteiger partial charge in [-0.3, -0.25) is 4.79 Å². The Morgan fingerprint density at radius 1 is 1.27 bits per heavy atom. The van der Waals surface area contributed by atoms with E-state index < -0.39 is 0 Å². The van der Waals surface area contributed by atoms with Gasteiger partial charge in [-0.25, -0.2) is 4.98 Å². The van der Waals surface area contributed by atoms with Gasteiger partial charge in [-0.05, 0) is 61.6 Å². The predicted octanol–water partition coefficient (Wildman–Crippen LogP) is 4.34. The molecule has 3 rings (SSSR count). The molecule has 1 unspecified atom stereocenters. The van der Waals surface area contributed by atoms with Crippen molar-refractivity contribution in [3.8, 4) is 0 Å². The second-order valence-electron chi connectivity index (χ2n) is 5.40. The number of carbonyl (C=O) groups is 1. The Balaban J connectivity index is 1.62. The van der Waals surface area contributed by atoms with Gasteiger partial charge in [-0.1, -0.05) is 17.7 Å². The van der Waals surface area contributed by atoms with Crippen LogP contribution in [-0.4, -0.2) is 16.1 Å². The van der Waals surface area contributed by atoms with Crippen LogP contribution in [0.2, 0.25) is 5.02 Å². The fourth-order valence-corrected chi connectivity index (χ4v) is 3.60. The van der Waals surface area contributed by atoms with Gasteiger partial charge in [0.05, 0.1) is 10.3 Å². The summed E-state index contributed by atoms with van der Waals surface area (Å²) in [7, 11) is 0. The first kappa shape index (κ1) is 15.4. The quantitative estimate of drug-likeness (QED) is 0.847. The summed E-state index contributed by atoms with van der Waals surface area (Å²) < 4.78 is 0. The molecule has 0 saturated carbocycles. The SMILES string of the molecule is CC(Sc1ccc2c(c1)CCC2)C(=O)Nc1ccc(Cl)cn1. The molecule has 1 aliphatic carbocycles. The van der Waals surface area contributed by atoms with E-state index in [-0.39, 0.29) is 11.2 Å².